The van der Waals surface area contributed by atoms with Crippen LogP contribution >= 0.6 is 11.3 Å². The van der Waals surface area contributed by atoms with E-state index >= 15 is 0 Å². The van der Waals surface area contributed by atoms with Gasteiger partial charge >= 0.3 is 0 Å². The van der Waals surface area contributed by atoms with Crippen molar-refractivity contribution in [3.63, 3.8) is 0 Å². The molecule has 7 nitrogen and oxygen atoms in total. The summed E-state index contributed by atoms with van der Waals surface area (Å²) in [5, 5.41) is 15.8. The van der Waals surface area contributed by atoms with Crippen LogP contribution in [0.2, 0.25) is 0 Å². The SMILES string of the molecule is CCc1cc2c(=O)n(/N=C\c3ccc(CC)c([N+](=O)[O-])c3)cnc2s1. The number of benzene rings is 1. The molecule has 0 aliphatic rings. The second-order valence-corrected chi connectivity index (χ2v) is 6.54. The Morgan fingerprint density at radius 1 is 1.32 bits per heavy atom. The number of aromatic nitrogens is 2. The minimum Gasteiger partial charge on any atom is -0.267 e. The van der Waals surface area contributed by atoms with Crippen molar-refractivity contribution in [1.29, 1.82) is 0 Å². The van der Waals surface area contributed by atoms with Gasteiger partial charge in [0.15, 0.2) is 0 Å². The summed E-state index contributed by atoms with van der Waals surface area (Å²) < 4.78 is 1.15. The predicted octanol–water partition coefficient (Wildman–Crippen LogP) is 3.37. The van der Waals surface area contributed by atoms with Gasteiger partial charge in [-0.05, 0) is 18.9 Å². The highest BCUT2D eigenvalue weighted by atomic mass is 32.1. The molecule has 0 bridgehead atoms. The average Bonchev–Trinajstić information content (AvgIpc) is 3.05. The number of thiophene rings is 1. The van der Waals surface area contributed by atoms with Crippen molar-refractivity contribution in [2.45, 2.75) is 26.7 Å². The van der Waals surface area contributed by atoms with Crippen molar-refractivity contribution in [3.8, 4) is 0 Å². The number of rotatable bonds is 5. The van der Waals surface area contributed by atoms with Crippen LogP contribution in [0.1, 0.15) is 29.9 Å². The van der Waals surface area contributed by atoms with Gasteiger partial charge in [-0.1, -0.05) is 26.0 Å². The van der Waals surface area contributed by atoms with Crippen LogP contribution in [0, 0.1) is 10.1 Å². The lowest BCUT2D eigenvalue weighted by Gasteiger charge is -2.01. The van der Waals surface area contributed by atoms with Crippen LogP contribution in [-0.2, 0) is 12.8 Å². The van der Waals surface area contributed by atoms with Gasteiger partial charge in [-0.2, -0.15) is 9.78 Å². The zero-order chi connectivity index (χ0) is 18.0. The Kier molecular flexibility index (Phi) is 4.71. The smallest absolute Gasteiger partial charge is 0.267 e. The summed E-state index contributed by atoms with van der Waals surface area (Å²) in [6.07, 6.45) is 4.21. The number of fused-ring (bicyclic) bond motifs is 1. The molecule has 0 aliphatic heterocycles. The molecule has 2 aromatic heterocycles. The van der Waals surface area contributed by atoms with Crippen molar-refractivity contribution < 1.29 is 4.92 Å². The number of nitro benzene ring substituents is 1. The van der Waals surface area contributed by atoms with Gasteiger partial charge in [0, 0.05) is 22.1 Å². The molecule has 25 heavy (non-hydrogen) atoms. The van der Waals surface area contributed by atoms with Gasteiger partial charge in [-0.3, -0.25) is 14.9 Å². The summed E-state index contributed by atoms with van der Waals surface area (Å²) in [6, 6.07) is 6.74. The molecule has 128 valence electrons. The Balaban J connectivity index is 1.98. The molecule has 0 radical (unpaired) electrons. The molecule has 3 rings (SSSR count). The lowest BCUT2D eigenvalue weighted by atomic mass is 10.1. The van der Waals surface area contributed by atoms with Gasteiger partial charge in [-0.15, -0.1) is 11.3 Å². The van der Waals surface area contributed by atoms with Crippen LogP contribution < -0.4 is 5.56 Å². The van der Waals surface area contributed by atoms with Gasteiger partial charge in [0.25, 0.3) is 11.2 Å². The Hall–Kier alpha value is -2.87. The summed E-state index contributed by atoms with van der Waals surface area (Å²) in [7, 11) is 0. The third-order valence-corrected chi connectivity index (χ3v) is 5.04. The molecular weight excluding hydrogens is 340 g/mol. The molecule has 3 aromatic rings. The van der Waals surface area contributed by atoms with E-state index in [4.69, 9.17) is 0 Å². The fourth-order valence-corrected chi connectivity index (χ4v) is 3.40. The van der Waals surface area contributed by atoms with Gasteiger partial charge in [0.1, 0.15) is 11.2 Å². The molecule has 0 saturated carbocycles. The van der Waals surface area contributed by atoms with E-state index in [9.17, 15) is 14.9 Å². The maximum atomic E-state index is 12.5. The zero-order valence-corrected chi connectivity index (χ0v) is 14.6. The predicted molar refractivity (Wildman–Crippen MR) is 98.7 cm³/mol. The van der Waals surface area contributed by atoms with Crippen LogP contribution in [0.4, 0.5) is 5.69 Å². The van der Waals surface area contributed by atoms with Crippen molar-refractivity contribution in [3.05, 3.63) is 67.1 Å². The number of nitro groups is 1. The van der Waals surface area contributed by atoms with E-state index in [0.717, 1.165) is 16.0 Å². The van der Waals surface area contributed by atoms with Crippen molar-refractivity contribution in [2.24, 2.45) is 5.10 Å². The third-order valence-electron chi connectivity index (χ3n) is 3.85. The van der Waals surface area contributed by atoms with Crippen LogP contribution in [0.15, 0.2) is 40.5 Å². The summed E-state index contributed by atoms with van der Waals surface area (Å²) in [5.74, 6) is 0. The Morgan fingerprint density at radius 2 is 2.12 bits per heavy atom. The number of nitrogens with zero attached hydrogens (tertiary/aromatic N) is 4. The van der Waals surface area contributed by atoms with Crippen LogP contribution in [0.25, 0.3) is 10.2 Å². The molecule has 0 fully saturated rings. The van der Waals surface area contributed by atoms with Gasteiger partial charge in [0.05, 0.1) is 16.5 Å². The highest BCUT2D eigenvalue weighted by Gasteiger charge is 2.12. The van der Waals surface area contributed by atoms with E-state index < -0.39 is 4.92 Å². The van der Waals surface area contributed by atoms with E-state index in [1.165, 1.54) is 29.9 Å². The second-order valence-electron chi connectivity index (χ2n) is 5.42. The molecule has 0 atom stereocenters. The largest absolute Gasteiger partial charge is 0.282 e. The molecule has 0 aliphatic carbocycles. The highest BCUT2D eigenvalue weighted by molar-refractivity contribution is 7.18. The van der Waals surface area contributed by atoms with Gasteiger partial charge < -0.3 is 0 Å². The van der Waals surface area contributed by atoms with Crippen LogP contribution in [0.3, 0.4) is 0 Å². The van der Waals surface area contributed by atoms with Crippen LogP contribution in [0.5, 0.6) is 0 Å². The first kappa shape index (κ1) is 17.0. The second kappa shape index (κ2) is 6.94. The molecule has 8 heteroatoms. The quantitative estimate of drug-likeness (QED) is 0.398. The first-order valence-corrected chi connectivity index (χ1v) is 8.66. The molecule has 0 N–H and O–H groups in total. The maximum absolute atomic E-state index is 12.5. The fraction of sp³-hybridized carbons (Fsp3) is 0.235. The molecule has 0 amide bonds. The molecule has 0 unspecified atom stereocenters. The van der Waals surface area contributed by atoms with Gasteiger partial charge in [0.2, 0.25) is 0 Å². The first-order valence-electron chi connectivity index (χ1n) is 7.85. The van der Waals surface area contributed by atoms with Crippen LogP contribution in [-0.4, -0.2) is 20.8 Å². The topological polar surface area (TPSA) is 90.4 Å². The zero-order valence-electron chi connectivity index (χ0n) is 13.8. The van der Waals surface area contributed by atoms with Crippen molar-refractivity contribution in [2.75, 3.05) is 0 Å². The minimum atomic E-state index is -0.409. The summed E-state index contributed by atoms with van der Waals surface area (Å²) in [4.78, 5) is 29.2. The normalized spacial score (nSPS) is 11.4. The summed E-state index contributed by atoms with van der Waals surface area (Å²) in [6.45, 7) is 3.89. The molecule has 0 spiro atoms. The lowest BCUT2D eigenvalue weighted by molar-refractivity contribution is -0.385. The molecular formula is C17H16N4O3S. The van der Waals surface area contributed by atoms with E-state index in [0.29, 0.717) is 27.8 Å². The van der Waals surface area contributed by atoms with E-state index in [-0.39, 0.29) is 11.2 Å². The highest BCUT2D eigenvalue weighted by Crippen LogP contribution is 2.21. The number of aryl methyl sites for hydroxylation is 2. The fourth-order valence-electron chi connectivity index (χ4n) is 2.48. The lowest BCUT2D eigenvalue weighted by Crippen LogP contribution is -2.16. The number of hydrogen-bond donors (Lipinski definition) is 0. The summed E-state index contributed by atoms with van der Waals surface area (Å²) in [5.41, 5.74) is 1.01. The number of hydrogen-bond acceptors (Lipinski definition) is 6. The van der Waals surface area contributed by atoms with Gasteiger partial charge in [-0.25, -0.2) is 4.98 Å². The third kappa shape index (κ3) is 3.34. The molecule has 2 heterocycles. The Labute approximate surface area is 147 Å². The maximum Gasteiger partial charge on any atom is 0.282 e. The summed E-state index contributed by atoms with van der Waals surface area (Å²) >= 11 is 1.49. The minimum absolute atomic E-state index is 0.0535. The van der Waals surface area contributed by atoms with Crippen molar-refractivity contribution >= 4 is 33.5 Å². The molecule has 0 saturated heterocycles. The van der Waals surface area contributed by atoms with E-state index in [1.807, 2.05) is 19.9 Å². The molecule has 1 aromatic carbocycles. The Bertz CT molecular complexity index is 1040. The van der Waals surface area contributed by atoms with Crippen molar-refractivity contribution in [1.82, 2.24) is 9.66 Å². The average molecular weight is 356 g/mol. The van der Waals surface area contributed by atoms with E-state index in [1.54, 1.807) is 12.1 Å². The van der Waals surface area contributed by atoms with E-state index in [2.05, 4.69) is 10.1 Å². The monoisotopic (exact) mass is 356 g/mol. The Morgan fingerprint density at radius 3 is 2.80 bits per heavy atom. The first-order chi connectivity index (χ1) is 12.0. The standard InChI is InChI=1S/C17H16N4O3S/c1-3-12-6-5-11(7-15(12)21(23)24)9-19-20-10-18-16-14(17(20)22)8-13(4-2)25-16/h5-10H,3-4H2,1-2H3/b19-9-.